The minimum Gasteiger partial charge on any atom is -0.246 e. The van der Waals surface area contributed by atoms with E-state index in [0.717, 1.165) is 12.8 Å². The first-order valence-electron chi connectivity index (χ1n) is 7.80. The molecule has 4 heteroatoms. The quantitative estimate of drug-likeness (QED) is 0.592. The average molecular weight is 331 g/mol. The van der Waals surface area contributed by atoms with E-state index in [1.165, 1.54) is 26.5 Å². The molecular formula is C18H22N2S2. The topological polar surface area (TPSA) is 25.8 Å². The third kappa shape index (κ3) is 2.95. The number of fused-ring (bicyclic) bond motifs is 1. The van der Waals surface area contributed by atoms with Crippen LogP contribution in [-0.2, 0) is 11.8 Å². The van der Waals surface area contributed by atoms with E-state index >= 15 is 0 Å². The lowest BCUT2D eigenvalue weighted by Crippen LogP contribution is -2.21. The highest BCUT2D eigenvalue weighted by molar-refractivity contribution is 7.13. The molecule has 0 N–H and O–H groups in total. The summed E-state index contributed by atoms with van der Waals surface area (Å²) in [4.78, 5) is 4.85. The Hall–Kier alpha value is -1.26. The summed E-state index contributed by atoms with van der Waals surface area (Å²) in [7, 11) is 0. The molecular weight excluding hydrogens is 308 g/mol. The van der Waals surface area contributed by atoms with Crippen molar-refractivity contribution in [2.24, 2.45) is 0 Å². The molecule has 0 aliphatic rings. The maximum absolute atomic E-state index is 4.85. The Balaban J connectivity index is 1.88. The number of thiazole rings is 1. The van der Waals surface area contributed by atoms with Crippen LogP contribution < -0.4 is 0 Å². The number of hydrogen-bond donors (Lipinski definition) is 0. The van der Waals surface area contributed by atoms with Crippen molar-refractivity contribution in [1.82, 2.24) is 9.36 Å². The third-order valence-corrected chi connectivity index (χ3v) is 6.20. The van der Waals surface area contributed by atoms with Gasteiger partial charge in [0.05, 0.1) is 21.1 Å². The van der Waals surface area contributed by atoms with E-state index in [9.17, 15) is 0 Å². The van der Waals surface area contributed by atoms with Crippen molar-refractivity contribution >= 4 is 33.0 Å². The normalized spacial score (nSPS) is 13.6. The van der Waals surface area contributed by atoms with Gasteiger partial charge in [-0.2, -0.15) is 4.37 Å². The van der Waals surface area contributed by atoms with Crippen molar-refractivity contribution in [3.05, 3.63) is 46.0 Å². The van der Waals surface area contributed by atoms with E-state index < -0.39 is 0 Å². The first kappa shape index (κ1) is 15.6. The molecule has 2 heterocycles. The largest absolute Gasteiger partial charge is 0.246 e. The SMILES string of the molecule is CCC(C)c1nc(CC(C)(C)c2nsc3ccccc23)cs1. The predicted octanol–water partition coefficient (Wildman–Crippen LogP) is 5.79. The molecule has 0 aliphatic heterocycles. The van der Waals surface area contributed by atoms with Gasteiger partial charge in [-0.15, -0.1) is 11.3 Å². The molecule has 0 saturated carbocycles. The van der Waals surface area contributed by atoms with Crippen LogP contribution in [-0.4, -0.2) is 9.36 Å². The molecule has 0 spiro atoms. The number of rotatable bonds is 5. The molecule has 0 fully saturated rings. The Bertz CT molecular complexity index is 770. The zero-order valence-corrected chi connectivity index (χ0v) is 15.2. The molecule has 2 nitrogen and oxygen atoms in total. The van der Waals surface area contributed by atoms with Crippen LogP contribution in [0.15, 0.2) is 29.6 Å². The number of nitrogens with zero attached hydrogens (tertiary/aromatic N) is 2. The Morgan fingerprint density at radius 2 is 2.00 bits per heavy atom. The van der Waals surface area contributed by atoms with Gasteiger partial charge in [-0.1, -0.05) is 45.9 Å². The van der Waals surface area contributed by atoms with Gasteiger partial charge in [0.15, 0.2) is 0 Å². The van der Waals surface area contributed by atoms with E-state index in [2.05, 4.69) is 57.3 Å². The summed E-state index contributed by atoms with van der Waals surface area (Å²) in [5.74, 6) is 0.557. The molecule has 1 atom stereocenters. The maximum atomic E-state index is 4.85. The first-order valence-corrected chi connectivity index (χ1v) is 9.45. The van der Waals surface area contributed by atoms with Gasteiger partial charge in [0.2, 0.25) is 0 Å². The number of aromatic nitrogens is 2. The van der Waals surface area contributed by atoms with Gasteiger partial charge in [-0.05, 0) is 24.0 Å². The predicted molar refractivity (Wildman–Crippen MR) is 97.2 cm³/mol. The highest BCUT2D eigenvalue weighted by Gasteiger charge is 2.27. The molecule has 0 radical (unpaired) electrons. The maximum Gasteiger partial charge on any atom is 0.0956 e. The van der Waals surface area contributed by atoms with Crippen LogP contribution >= 0.6 is 22.9 Å². The van der Waals surface area contributed by atoms with Crippen LogP contribution in [0, 0.1) is 0 Å². The molecule has 1 unspecified atom stereocenters. The fraction of sp³-hybridized carbons (Fsp3) is 0.444. The van der Waals surface area contributed by atoms with E-state index in [4.69, 9.17) is 9.36 Å². The van der Waals surface area contributed by atoms with Crippen molar-refractivity contribution in [3.63, 3.8) is 0 Å². The number of hydrogen-bond acceptors (Lipinski definition) is 4. The second kappa shape index (κ2) is 6.09. The van der Waals surface area contributed by atoms with E-state index in [1.807, 2.05) is 0 Å². The van der Waals surface area contributed by atoms with E-state index in [1.54, 1.807) is 22.9 Å². The molecule has 1 aromatic carbocycles. The first-order chi connectivity index (χ1) is 10.5. The summed E-state index contributed by atoms with van der Waals surface area (Å²) in [5.41, 5.74) is 2.40. The van der Waals surface area contributed by atoms with Crippen molar-refractivity contribution in [2.45, 2.75) is 51.9 Å². The van der Waals surface area contributed by atoms with Crippen molar-refractivity contribution in [3.8, 4) is 0 Å². The fourth-order valence-corrected chi connectivity index (χ4v) is 4.61. The van der Waals surface area contributed by atoms with E-state index in [0.29, 0.717) is 5.92 Å². The second-order valence-corrected chi connectivity index (χ2v) is 8.27. The van der Waals surface area contributed by atoms with Crippen LogP contribution in [0.4, 0.5) is 0 Å². The Labute approximate surface area is 140 Å². The van der Waals surface area contributed by atoms with Crippen LogP contribution in [0.3, 0.4) is 0 Å². The third-order valence-electron chi connectivity index (χ3n) is 4.25. The van der Waals surface area contributed by atoms with Crippen LogP contribution in [0.25, 0.3) is 10.1 Å². The van der Waals surface area contributed by atoms with Crippen molar-refractivity contribution in [1.29, 1.82) is 0 Å². The zero-order valence-electron chi connectivity index (χ0n) is 13.6. The lowest BCUT2D eigenvalue weighted by atomic mass is 9.83. The molecule has 22 heavy (non-hydrogen) atoms. The summed E-state index contributed by atoms with van der Waals surface area (Å²) in [6, 6.07) is 8.51. The van der Waals surface area contributed by atoms with E-state index in [-0.39, 0.29) is 5.41 Å². The Kier molecular flexibility index (Phi) is 4.33. The highest BCUT2D eigenvalue weighted by atomic mass is 32.1. The lowest BCUT2D eigenvalue weighted by Gasteiger charge is -2.22. The molecule has 0 saturated heterocycles. The Morgan fingerprint density at radius 3 is 2.77 bits per heavy atom. The van der Waals surface area contributed by atoms with Gasteiger partial charge in [0.25, 0.3) is 0 Å². The zero-order chi connectivity index (χ0) is 15.7. The highest BCUT2D eigenvalue weighted by Crippen LogP contribution is 2.35. The monoisotopic (exact) mass is 330 g/mol. The van der Waals surface area contributed by atoms with Crippen molar-refractivity contribution < 1.29 is 0 Å². The molecule has 116 valence electrons. The van der Waals surface area contributed by atoms with Gasteiger partial charge in [-0.25, -0.2) is 4.98 Å². The lowest BCUT2D eigenvalue weighted by molar-refractivity contribution is 0.508. The standard InChI is InChI=1S/C18H22N2S2/c1-5-12(2)17-19-13(11-21-17)10-18(3,4)16-14-8-6-7-9-15(14)22-20-16/h6-9,11-12H,5,10H2,1-4H3. The van der Waals surface area contributed by atoms with Crippen LogP contribution in [0.2, 0.25) is 0 Å². The molecule has 0 amide bonds. The second-order valence-electron chi connectivity index (χ2n) is 6.57. The molecule has 2 aromatic heterocycles. The van der Waals surface area contributed by atoms with Gasteiger partial charge < -0.3 is 0 Å². The summed E-state index contributed by atoms with van der Waals surface area (Å²) in [5, 5.41) is 4.77. The molecule has 0 bridgehead atoms. The molecule has 0 aliphatic carbocycles. The molecule has 3 rings (SSSR count). The van der Waals surface area contributed by atoms with Crippen LogP contribution in [0.1, 0.15) is 56.4 Å². The van der Waals surface area contributed by atoms with Gasteiger partial charge >= 0.3 is 0 Å². The van der Waals surface area contributed by atoms with Gasteiger partial charge in [0.1, 0.15) is 0 Å². The fourth-order valence-electron chi connectivity index (χ4n) is 2.72. The Morgan fingerprint density at radius 1 is 1.23 bits per heavy atom. The average Bonchev–Trinajstić information content (AvgIpc) is 3.12. The van der Waals surface area contributed by atoms with Gasteiger partial charge in [0, 0.05) is 28.5 Å². The molecule has 3 aromatic rings. The summed E-state index contributed by atoms with van der Waals surface area (Å²) in [6.45, 7) is 9.02. The summed E-state index contributed by atoms with van der Waals surface area (Å²) >= 11 is 3.39. The van der Waals surface area contributed by atoms with Crippen molar-refractivity contribution in [2.75, 3.05) is 0 Å². The summed E-state index contributed by atoms with van der Waals surface area (Å²) in [6.07, 6.45) is 2.08. The smallest absolute Gasteiger partial charge is 0.0956 e. The van der Waals surface area contributed by atoms with Crippen LogP contribution in [0.5, 0.6) is 0 Å². The number of benzene rings is 1. The van der Waals surface area contributed by atoms with Gasteiger partial charge in [-0.3, -0.25) is 0 Å². The minimum absolute atomic E-state index is 0.000396. The summed E-state index contributed by atoms with van der Waals surface area (Å²) < 4.78 is 6.01. The minimum atomic E-state index is 0.000396.